The Morgan fingerprint density at radius 1 is 1.00 bits per heavy atom. The zero-order valence-electron chi connectivity index (χ0n) is 23.9. The predicted molar refractivity (Wildman–Crippen MR) is 161 cm³/mol. The number of ether oxygens (including phenoxy) is 1. The molecule has 4 rings (SSSR count). The topological polar surface area (TPSA) is 38.3 Å². The first-order valence-electron chi connectivity index (χ1n) is 14.6. The first kappa shape index (κ1) is 28.8. The second kappa shape index (κ2) is 13.3. The molecule has 1 aliphatic rings. The van der Waals surface area contributed by atoms with E-state index in [2.05, 4.69) is 123 Å². The average Bonchev–Trinajstić information content (AvgIpc) is 3.39. The lowest BCUT2D eigenvalue weighted by Crippen LogP contribution is -2.39. The van der Waals surface area contributed by atoms with E-state index in [1.54, 1.807) is 6.92 Å². The fraction of sp³-hybridized carbons (Fsp3) is 0.417. The van der Waals surface area contributed by atoms with Crippen LogP contribution < -0.4 is 5.32 Å². The Hall–Kier alpha value is -3.17. The van der Waals surface area contributed by atoms with Gasteiger partial charge in [0, 0.05) is 13.0 Å². The van der Waals surface area contributed by atoms with Crippen molar-refractivity contribution in [1.82, 2.24) is 5.32 Å². The van der Waals surface area contributed by atoms with E-state index in [-0.39, 0.29) is 17.4 Å². The second-order valence-corrected chi connectivity index (χ2v) is 11.5. The van der Waals surface area contributed by atoms with Crippen molar-refractivity contribution in [3.8, 4) is 0 Å². The SMILES string of the molecule is C=CC1CCC(CC[C@@H](CC)C(C)NC(C)=O)(COC(c2ccccc2)(c2ccccc2)c2ccccc2)C1. The van der Waals surface area contributed by atoms with Crippen molar-refractivity contribution < 1.29 is 9.53 Å². The van der Waals surface area contributed by atoms with Gasteiger partial charge >= 0.3 is 0 Å². The molecule has 0 bridgehead atoms. The zero-order chi connectivity index (χ0) is 27.7. The third-order valence-corrected chi connectivity index (χ3v) is 8.92. The molecule has 39 heavy (non-hydrogen) atoms. The van der Waals surface area contributed by atoms with Crippen molar-refractivity contribution in [3.05, 3.63) is 120 Å². The highest BCUT2D eigenvalue weighted by molar-refractivity contribution is 5.73. The van der Waals surface area contributed by atoms with Gasteiger partial charge in [0.05, 0.1) is 6.61 Å². The number of hydrogen-bond donors (Lipinski definition) is 1. The van der Waals surface area contributed by atoms with Crippen LogP contribution in [0.5, 0.6) is 0 Å². The minimum atomic E-state index is -0.712. The molecule has 1 saturated carbocycles. The van der Waals surface area contributed by atoms with Crippen molar-refractivity contribution >= 4 is 5.91 Å². The molecular weight excluding hydrogens is 478 g/mol. The summed E-state index contributed by atoms with van der Waals surface area (Å²) in [5.41, 5.74) is 2.77. The molecule has 206 valence electrons. The summed E-state index contributed by atoms with van der Waals surface area (Å²) in [5.74, 6) is 1.00. The summed E-state index contributed by atoms with van der Waals surface area (Å²) in [6.07, 6.45) is 8.70. The average molecular weight is 524 g/mol. The van der Waals surface area contributed by atoms with Gasteiger partial charge in [-0.05, 0) is 73.0 Å². The molecule has 0 aromatic heterocycles. The number of benzene rings is 3. The maximum Gasteiger partial charge on any atom is 0.217 e. The molecule has 3 heteroatoms. The lowest BCUT2D eigenvalue weighted by Gasteiger charge is -2.40. The highest BCUT2D eigenvalue weighted by Gasteiger charge is 2.44. The Labute approximate surface area is 235 Å². The van der Waals surface area contributed by atoms with E-state index in [4.69, 9.17) is 4.74 Å². The van der Waals surface area contributed by atoms with Crippen LogP contribution >= 0.6 is 0 Å². The number of carbonyl (C=O) groups is 1. The third kappa shape index (κ3) is 6.70. The van der Waals surface area contributed by atoms with Crippen molar-refractivity contribution in [2.45, 2.75) is 70.9 Å². The normalized spacial score (nSPS) is 20.7. The standard InChI is InChI=1S/C36H45NO2/c1-5-30-22-24-35(26-30,25-23-31(6-2)28(3)37-29(4)38)27-39-36(32-16-10-7-11-17-32,33-18-12-8-13-19-33)34-20-14-9-15-21-34/h5,7-21,28,30-31H,1,6,22-27H2,2-4H3,(H,37,38)/t28?,30?,31-,35?/m1/s1. The smallest absolute Gasteiger partial charge is 0.217 e. The first-order valence-corrected chi connectivity index (χ1v) is 14.6. The molecule has 1 fully saturated rings. The minimum absolute atomic E-state index is 0.0463. The Balaban J connectivity index is 1.70. The van der Waals surface area contributed by atoms with Crippen molar-refractivity contribution in [1.29, 1.82) is 0 Å². The van der Waals surface area contributed by atoms with E-state index < -0.39 is 5.60 Å². The molecule has 3 aromatic carbocycles. The Morgan fingerprint density at radius 2 is 1.51 bits per heavy atom. The highest BCUT2D eigenvalue weighted by atomic mass is 16.5. The van der Waals surface area contributed by atoms with Gasteiger partial charge in [0.25, 0.3) is 0 Å². The van der Waals surface area contributed by atoms with E-state index in [1.165, 1.54) is 0 Å². The summed E-state index contributed by atoms with van der Waals surface area (Å²) in [6.45, 7) is 10.8. The molecule has 3 nitrogen and oxygen atoms in total. The molecule has 4 atom stereocenters. The van der Waals surface area contributed by atoms with Gasteiger partial charge in [-0.15, -0.1) is 6.58 Å². The largest absolute Gasteiger partial charge is 0.360 e. The molecule has 0 saturated heterocycles. The summed E-state index contributed by atoms with van der Waals surface area (Å²) in [5, 5.41) is 3.14. The summed E-state index contributed by atoms with van der Waals surface area (Å²) in [4.78, 5) is 11.8. The molecule has 3 unspecified atom stereocenters. The molecule has 0 spiro atoms. The Bertz CT molecular complexity index is 1080. The number of allylic oxidation sites excluding steroid dienone is 1. The van der Waals surface area contributed by atoms with E-state index in [1.807, 2.05) is 0 Å². The van der Waals surface area contributed by atoms with Gasteiger partial charge in [-0.25, -0.2) is 0 Å². The molecule has 1 aliphatic carbocycles. The molecule has 1 amide bonds. The maximum absolute atomic E-state index is 11.8. The van der Waals surface area contributed by atoms with E-state index >= 15 is 0 Å². The third-order valence-electron chi connectivity index (χ3n) is 8.92. The fourth-order valence-corrected chi connectivity index (χ4v) is 6.65. The van der Waals surface area contributed by atoms with Crippen LogP contribution in [0.15, 0.2) is 104 Å². The van der Waals surface area contributed by atoms with Crippen LogP contribution in [0.2, 0.25) is 0 Å². The summed E-state index contributed by atoms with van der Waals surface area (Å²) >= 11 is 0. The van der Waals surface area contributed by atoms with Gasteiger partial charge in [0.2, 0.25) is 5.91 Å². The monoisotopic (exact) mass is 523 g/mol. The zero-order valence-corrected chi connectivity index (χ0v) is 23.9. The van der Waals surface area contributed by atoms with Crippen molar-refractivity contribution in [3.63, 3.8) is 0 Å². The fourth-order valence-electron chi connectivity index (χ4n) is 6.65. The maximum atomic E-state index is 11.8. The van der Waals surface area contributed by atoms with Gasteiger partial charge in [-0.1, -0.05) is 110 Å². The minimum Gasteiger partial charge on any atom is -0.360 e. The van der Waals surface area contributed by atoms with Gasteiger partial charge in [-0.3, -0.25) is 4.79 Å². The predicted octanol–water partition coefficient (Wildman–Crippen LogP) is 8.30. The Kier molecular flexibility index (Phi) is 9.80. The van der Waals surface area contributed by atoms with E-state index in [0.717, 1.165) is 55.2 Å². The number of hydrogen-bond acceptors (Lipinski definition) is 2. The number of rotatable bonds is 13. The van der Waals surface area contributed by atoms with Gasteiger partial charge in [-0.2, -0.15) is 0 Å². The van der Waals surface area contributed by atoms with Crippen LogP contribution in [0.3, 0.4) is 0 Å². The number of nitrogens with one attached hydrogen (secondary N) is 1. The quantitative estimate of drug-likeness (QED) is 0.181. The molecule has 0 aliphatic heterocycles. The molecule has 1 N–H and O–H groups in total. The lowest BCUT2D eigenvalue weighted by atomic mass is 9.76. The Morgan fingerprint density at radius 3 is 1.92 bits per heavy atom. The molecule has 0 heterocycles. The summed E-state index contributed by atoms with van der Waals surface area (Å²) in [6, 6.07) is 32.1. The van der Waals surface area contributed by atoms with Crippen LogP contribution in [-0.2, 0) is 15.1 Å². The summed E-state index contributed by atoms with van der Waals surface area (Å²) < 4.78 is 7.36. The number of carbonyl (C=O) groups excluding carboxylic acids is 1. The van der Waals surface area contributed by atoms with Crippen LogP contribution in [0.25, 0.3) is 0 Å². The van der Waals surface area contributed by atoms with Gasteiger partial charge < -0.3 is 10.1 Å². The van der Waals surface area contributed by atoms with Crippen LogP contribution in [0.4, 0.5) is 0 Å². The van der Waals surface area contributed by atoms with Gasteiger partial charge in [0.15, 0.2) is 0 Å². The van der Waals surface area contributed by atoms with Crippen LogP contribution in [0, 0.1) is 17.3 Å². The van der Waals surface area contributed by atoms with Crippen molar-refractivity contribution in [2.75, 3.05) is 6.61 Å². The van der Waals surface area contributed by atoms with E-state index in [9.17, 15) is 4.79 Å². The van der Waals surface area contributed by atoms with Crippen molar-refractivity contribution in [2.24, 2.45) is 17.3 Å². The van der Waals surface area contributed by atoms with Crippen LogP contribution in [-0.4, -0.2) is 18.6 Å². The van der Waals surface area contributed by atoms with E-state index in [0.29, 0.717) is 18.4 Å². The lowest BCUT2D eigenvalue weighted by molar-refractivity contribution is -0.119. The number of amides is 1. The van der Waals surface area contributed by atoms with Crippen LogP contribution in [0.1, 0.15) is 76.0 Å². The second-order valence-electron chi connectivity index (χ2n) is 11.5. The summed E-state index contributed by atoms with van der Waals surface area (Å²) in [7, 11) is 0. The molecular formula is C36H45NO2. The van der Waals surface area contributed by atoms with Gasteiger partial charge in [0.1, 0.15) is 5.60 Å². The molecule has 3 aromatic rings. The first-order chi connectivity index (χ1) is 18.9. The molecule has 0 radical (unpaired) electrons. The highest BCUT2D eigenvalue weighted by Crippen LogP contribution is 2.49.